The average molecular weight is 300 g/mol. The molecule has 1 aliphatic rings. The maximum Gasteiger partial charge on any atom is 0.186 e. The minimum absolute atomic E-state index is 0.697. The Morgan fingerprint density at radius 2 is 0.955 bits per heavy atom. The van der Waals surface area contributed by atoms with Crippen molar-refractivity contribution in [3.05, 3.63) is 70.8 Å². The van der Waals surface area contributed by atoms with Gasteiger partial charge in [0.05, 0.1) is 0 Å². The third-order valence-corrected chi connectivity index (χ3v) is 3.90. The lowest BCUT2D eigenvalue weighted by atomic mass is 10.0. The summed E-state index contributed by atoms with van der Waals surface area (Å²) in [4.78, 5) is 0. The summed E-state index contributed by atoms with van der Waals surface area (Å²) in [6.45, 7) is 3.97. The quantitative estimate of drug-likeness (QED) is 0.895. The van der Waals surface area contributed by atoms with E-state index in [1.165, 1.54) is 0 Å². The molecule has 3 rings (SSSR count). The highest BCUT2D eigenvalue weighted by Gasteiger charge is 2.38. The van der Waals surface area contributed by atoms with Crippen molar-refractivity contribution < 1.29 is 19.7 Å². The van der Waals surface area contributed by atoms with Crippen LogP contribution in [0, 0.1) is 13.8 Å². The molecule has 0 aliphatic carbocycles. The molecule has 1 saturated heterocycles. The normalized spacial score (nSPS) is 28.5. The lowest BCUT2D eigenvalue weighted by Gasteiger charge is -2.37. The molecular weight excluding hydrogens is 280 g/mol. The van der Waals surface area contributed by atoms with Crippen molar-refractivity contribution in [2.24, 2.45) is 0 Å². The second kappa shape index (κ2) is 6.18. The van der Waals surface area contributed by atoms with Crippen LogP contribution >= 0.6 is 0 Å². The first-order valence-corrected chi connectivity index (χ1v) is 7.35. The second-order valence-electron chi connectivity index (χ2n) is 5.72. The average Bonchev–Trinajstić information content (AvgIpc) is 2.51. The van der Waals surface area contributed by atoms with E-state index >= 15 is 0 Å². The van der Waals surface area contributed by atoms with Crippen LogP contribution in [0.5, 0.6) is 0 Å². The van der Waals surface area contributed by atoms with Crippen molar-refractivity contribution in [3.63, 3.8) is 0 Å². The Kier molecular flexibility index (Phi) is 4.27. The summed E-state index contributed by atoms with van der Waals surface area (Å²) in [5.41, 5.74) is 3.79. The summed E-state index contributed by atoms with van der Waals surface area (Å²) >= 11 is 0. The Bertz CT molecular complexity index is 563. The molecule has 116 valence electrons. The van der Waals surface area contributed by atoms with E-state index in [2.05, 4.69) is 0 Å². The Labute approximate surface area is 129 Å². The summed E-state index contributed by atoms with van der Waals surface area (Å²) in [5, 5.41) is 20.5. The largest absolute Gasteiger partial charge is 0.366 e. The van der Waals surface area contributed by atoms with Gasteiger partial charge in [0, 0.05) is 0 Å². The molecular formula is C18H20O4. The highest BCUT2D eigenvalue weighted by Crippen LogP contribution is 2.36. The van der Waals surface area contributed by atoms with Crippen molar-refractivity contribution in [2.75, 3.05) is 0 Å². The van der Waals surface area contributed by atoms with Crippen LogP contribution in [0.25, 0.3) is 0 Å². The summed E-state index contributed by atoms with van der Waals surface area (Å²) in [5.74, 6) is 0. The van der Waals surface area contributed by atoms with Gasteiger partial charge in [0.25, 0.3) is 0 Å². The zero-order chi connectivity index (χ0) is 15.7. The molecule has 2 aromatic carbocycles. The first kappa shape index (κ1) is 15.2. The molecule has 0 saturated carbocycles. The summed E-state index contributed by atoms with van der Waals surface area (Å²) in [7, 11) is 0. The number of hydrogen-bond donors (Lipinski definition) is 2. The zero-order valence-corrected chi connectivity index (χ0v) is 12.6. The van der Waals surface area contributed by atoms with Gasteiger partial charge in [-0.1, -0.05) is 59.7 Å². The van der Waals surface area contributed by atoms with Crippen LogP contribution in [-0.2, 0) is 9.47 Å². The molecule has 1 heterocycles. The first-order valence-electron chi connectivity index (χ1n) is 7.35. The monoisotopic (exact) mass is 300 g/mol. The summed E-state index contributed by atoms with van der Waals surface area (Å²) in [6.07, 6.45) is -3.65. The van der Waals surface area contributed by atoms with Gasteiger partial charge in [0.15, 0.2) is 12.6 Å². The lowest BCUT2D eigenvalue weighted by Crippen LogP contribution is -2.40. The third kappa shape index (κ3) is 3.05. The highest BCUT2D eigenvalue weighted by atomic mass is 16.7. The molecule has 1 fully saturated rings. The number of ether oxygens (including phenoxy) is 2. The van der Waals surface area contributed by atoms with Gasteiger partial charge >= 0.3 is 0 Å². The van der Waals surface area contributed by atoms with Crippen molar-refractivity contribution in [1.82, 2.24) is 0 Å². The Balaban J connectivity index is 1.79. The summed E-state index contributed by atoms with van der Waals surface area (Å²) < 4.78 is 11.2. The van der Waals surface area contributed by atoms with E-state index in [0.29, 0.717) is 0 Å². The molecule has 4 unspecified atom stereocenters. The van der Waals surface area contributed by atoms with E-state index in [-0.39, 0.29) is 0 Å². The fourth-order valence-corrected chi connectivity index (χ4v) is 2.58. The van der Waals surface area contributed by atoms with Crippen molar-refractivity contribution in [1.29, 1.82) is 0 Å². The maximum atomic E-state index is 10.2. The molecule has 2 aromatic rings. The van der Waals surface area contributed by atoms with Crippen molar-refractivity contribution in [2.45, 2.75) is 38.6 Å². The Morgan fingerprint density at radius 1 is 0.636 bits per heavy atom. The first-order chi connectivity index (χ1) is 10.5. The Hall–Kier alpha value is -1.72. The van der Waals surface area contributed by atoms with E-state index < -0.39 is 24.8 Å². The van der Waals surface area contributed by atoms with Crippen LogP contribution in [0.2, 0.25) is 0 Å². The molecule has 0 amide bonds. The molecule has 0 spiro atoms. The molecule has 0 bridgehead atoms. The van der Waals surface area contributed by atoms with E-state index in [0.717, 1.165) is 22.3 Å². The van der Waals surface area contributed by atoms with Gasteiger partial charge in [-0.25, -0.2) is 0 Å². The second-order valence-corrected chi connectivity index (χ2v) is 5.72. The number of aliphatic hydroxyl groups is 2. The fraction of sp³-hybridized carbons (Fsp3) is 0.333. The topological polar surface area (TPSA) is 58.9 Å². The number of benzene rings is 2. The number of aliphatic hydroxyl groups excluding tert-OH is 2. The standard InChI is InChI=1S/C18H20O4/c1-11-3-7-13(8-4-11)15-17(19)22-16(18(20)21-15)14-9-5-12(2)6-10-14/h3-10,15-20H,1-2H3. The smallest absolute Gasteiger partial charge is 0.186 e. The van der Waals surface area contributed by atoms with Crippen LogP contribution in [0.3, 0.4) is 0 Å². The molecule has 0 radical (unpaired) electrons. The van der Waals surface area contributed by atoms with E-state index in [4.69, 9.17) is 9.47 Å². The van der Waals surface area contributed by atoms with Gasteiger partial charge in [0.1, 0.15) is 12.2 Å². The van der Waals surface area contributed by atoms with Gasteiger partial charge < -0.3 is 19.7 Å². The predicted octanol–water partition coefficient (Wildman–Crippen LogP) is 2.77. The molecule has 4 atom stereocenters. The zero-order valence-electron chi connectivity index (χ0n) is 12.6. The van der Waals surface area contributed by atoms with Gasteiger partial charge in [-0.05, 0) is 25.0 Å². The molecule has 4 nitrogen and oxygen atoms in total. The number of rotatable bonds is 2. The van der Waals surface area contributed by atoms with E-state index in [1.54, 1.807) is 0 Å². The van der Waals surface area contributed by atoms with Crippen LogP contribution < -0.4 is 0 Å². The third-order valence-electron chi connectivity index (χ3n) is 3.90. The fourth-order valence-electron chi connectivity index (χ4n) is 2.58. The van der Waals surface area contributed by atoms with Crippen LogP contribution in [-0.4, -0.2) is 22.8 Å². The molecule has 1 aliphatic heterocycles. The maximum absolute atomic E-state index is 10.2. The van der Waals surface area contributed by atoms with Crippen molar-refractivity contribution in [3.8, 4) is 0 Å². The van der Waals surface area contributed by atoms with Crippen molar-refractivity contribution >= 4 is 0 Å². The molecule has 0 aromatic heterocycles. The number of hydrogen-bond acceptors (Lipinski definition) is 4. The SMILES string of the molecule is Cc1ccc(C2OC(O)C(c3ccc(C)cc3)OC2O)cc1. The molecule has 22 heavy (non-hydrogen) atoms. The van der Waals surface area contributed by atoms with E-state index in [1.807, 2.05) is 62.4 Å². The van der Waals surface area contributed by atoms with E-state index in [9.17, 15) is 10.2 Å². The van der Waals surface area contributed by atoms with Crippen LogP contribution in [0.1, 0.15) is 34.5 Å². The van der Waals surface area contributed by atoms with Crippen LogP contribution in [0.15, 0.2) is 48.5 Å². The highest BCUT2D eigenvalue weighted by molar-refractivity contribution is 5.26. The van der Waals surface area contributed by atoms with Gasteiger partial charge in [-0.3, -0.25) is 0 Å². The predicted molar refractivity (Wildman–Crippen MR) is 82.0 cm³/mol. The Morgan fingerprint density at radius 3 is 1.27 bits per heavy atom. The van der Waals surface area contributed by atoms with Gasteiger partial charge in [-0.15, -0.1) is 0 Å². The minimum Gasteiger partial charge on any atom is -0.366 e. The minimum atomic E-state index is -1.13. The van der Waals surface area contributed by atoms with Gasteiger partial charge in [0.2, 0.25) is 0 Å². The number of aryl methyl sites for hydroxylation is 2. The van der Waals surface area contributed by atoms with Crippen LogP contribution in [0.4, 0.5) is 0 Å². The lowest BCUT2D eigenvalue weighted by molar-refractivity contribution is -0.336. The summed E-state index contributed by atoms with van der Waals surface area (Å²) in [6, 6.07) is 15.2. The van der Waals surface area contributed by atoms with Gasteiger partial charge in [-0.2, -0.15) is 0 Å². The molecule has 4 heteroatoms. The molecule has 2 N–H and O–H groups in total.